The van der Waals surface area contributed by atoms with E-state index in [-0.39, 0.29) is 33.0 Å². The van der Waals surface area contributed by atoms with Crippen molar-refractivity contribution in [2.24, 2.45) is 5.41 Å². The summed E-state index contributed by atoms with van der Waals surface area (Å²) >= 11 is 5.75. The van der Waals surface area contributed by atoms with E-state index in [1.165, 1.54) is 0 Å². The normalized spacial score (nSPS) is 30.0. The summed E-state index contributed by atoms with van der Waals surface area (Å²) in [6.45, 7) is 0.357. The molecule has 0 atom stereocenters. The van der Waals surface area contributed by atoms with Gasteiger partial charge in [0.25, 0.3) is 0 Å². The van der Waals surface area contributed by atoms with Crippen LogP contribution < -0.4 is 4.74 Å². The van der Waals surface area contributed by atoms with Crippen LogP contribution in [0.2, 0.25) is 5.02 Å². The molecule has 0 spiro atoms. The van der Waals surface area contributed by atoms with Crippen molar-refractivity contribution in [3.8, 4) is 5.75 Å². The molecule has 0 saturated carbocycles. The molecule has 3 saturated heterocycles. The van der Waals surface area contributed by atoms with Crippen LogP contribution in [0.1, 0.15) is 0 Å². The molecule has 120 valence electrons. The summed E-state index contributed by atoms with van der Waals surface area (Å²) in [5.74, 6) is -0.00515. The van der Waals surface area contributed by atoms with Crippen molar-refractivity contribution in [2.45, 2.75) is 0 Å². The van der Waals surface area contributed by atoms with Gasteiger partial charge in [-0.1, -0.05) is 11.6 Å². The number of esters is 1. The van der Waals surface area contributed by atoms with E-state index in [4.69, 9.17) is 34.6 Å². The van der Waals surface area contributed by atoms with Crippen LogP contribution in [-0.4, -0.2) is 39.0 Å². The molecule has 2 bridgehead atoms. The van der Waals surface area contributed by atoms with Crippen LogP contribution in [0.3, 0.4) is 0 Å². The molecular formula is C13H14ClO7P. The maximum Gasteiger partial charge on any atom is 0.474 e. The maximum absolute atomic E-state index is 11.7. The van der Waals surface area contributed by atoms with Crippen molar-refractivity contribution in [3.05, 3.63) is 29.3 Å². The van der Waals surface area contributed by atoms with Gasteiger partial charge in [0.2, 0.25) is 0 Å². The van der Waals surface area contributed by atoms with Gasteiger partial charge in [0.05, 0.1) is 25.2 Å². The van der Waals surface area contributed by atoms with Crippen LogP contribution >= 0.6 is 19.4 Å². The number of carbonyl (C=O) groups is 1. The zero-order chi connectivity index (χ0) is 15.6. The van der Waals surface area contributed by atoms with Crippen molar-refractivity contribution in [1.82, 2.24) is 0 Å². The molecule has 3 fully saturated rings. The summed E-state index contributed by atoms with van der Waals surface area (Å²) in [5, 5.41) is 0.584. The van der Waals surface area contributed by atoms with E-state index in [2.05, 4.69) is 0 Å². The Bertz CT molecular complexity index is 572. The summed E-state index contributed by atoms with van der Waals surface area (Å²) in [6, 6.07) is 6.64. The zero-order valence-corrected chi connectivity index (χ0v) is 13.2. The van der Waals surface area contributed by atoms with Gasteiger partial charge in [-0.25, -0.2) is 9.36 Å². The number of hydrogen-bond donors (Lipinski definition) is 0. The molecule has 3 aliphatic rings. The van der Waals surface area contributed by atoms with Gasteiger partial charge in [0, 0.05) is 5.02 Å². The van der Waals surface area contributed by atoms with E-state index in [1.807, 2.05) is 0 Å². The smallest absolute Gasteiger partial charge is 0.474 e. The van der Waals surface area contributed by atoms with Crippen LogP contribution in [0.15, 0.2) is 24.3 Å². The lowest BCUT2D eigenvalue weighted by Gasteiger charge is -2.43. The van der Waals surface area contributed by atoms with Gasteiger partial charge in [-0.05, 0) is 24.3 Å². The third-order valence-electron chi connectivity index (χ3n) is 3.30. The quantitative estimate of drug-likeness (QED) is 0.597. The first-order chi connectivity index (χ1) is 10.5. The molecule has 0 aliphatic carbocycles. The number of rotatable bonds is 5. The number of fused-ring (bicyclic) bond motifs is 3. The average Bonchev–Trinajstić information content (AvgIpc) is 2.54. The number of carbonyl (C=O) groups excluding carboxylic acids is 1. The van der Waals surface area contributed by atoms with Crippen LogP contribution in [0, 0.1) is 5.41 Å². The lowest BCUT2D eigenvalue weighted by atomic mass is 9.92. The number of hydrogen-bond acceptors (Lipinski definition) is 7. The van der Waals surface area contributed by atoms with Crippen molar-refractivity contribution in [2.75, 3.05) is 33.0 Å². The topological polar surface area (TPSA) is 80.3 Å². The van der Waals surface area contributed by atoms with Crippen molar-refractivity contribution in [3.63, 3.8) is 0 Å². The lowest BCUT2D eigenvalue weighted by molar-refractivity contribution is -0.161. The molecular weight excluding hydrogens is 335 g/mol. The predicted molar refractivity (Wildman–Crippen MR) is 75.8 cm³/mol. The lowest BCUT2D eigenvalue weighted by Crippen LogP contribution is -2.48. The monoisotopic (exact) mass is 348 g/mol. The number of phosphoric ester groups is 1. The van der Waals surface area contributed by atoms with Gasteiger partial charge in [-0.15, -0.1) is 0 Å². The number of benzene rings is 1. The molecule has 1 aromatic carbocycles. The summed E-state index contributed by atoms with van der Waals surface area (Å²) in [7, 11) is -3.35. The zero-order valence-electron chi connectivity index (χ0n) is 11.5. The molecule has 0 N–H and O–H groups in total. The van der Waals surface area contributed by atoms with Crippen molar-refractivity contribution in [1.29, 1.82) is 0 Å². The van der Waals surface area contributed by atoms with Gasteiger partial charge in [-0.2, -0.15) is 0 Å². The molecule has 9 heteroatoms. The maximum atomic E-state index is 11.7. The Morgan fingerprint density at radius 1 is 1.18 bits per heavy atom. The first-order valence-electron chi connectivity index (χ1n) is 6.56. The first-order valence-corrected chi connectivity index (χ1v) is 8.40. The molecule has 0 unspecified atom stereocenters. The van der Waals surface area contributed by atoms with Gasteiger partial charge in [0.1, 0.15) is 12.4 Å². The third kappa shape index (κ3) is 3.62. The minimum Gasteiger partial charge on any atom is -0.482 e. The van der Waals surface area contributed by atoms with E-state index in [1.54, 1.807) is 24.3 Å². The van der Waals surface area contributed by atoms with E-state index in [0.29, 0.717) is 10.8 Å². The molecule has 22 heavy (non-hydrogen) atoms. The standard InChI is InChI=1S/C13H14ClO7P/c14-10-1-3-11(4-2-10)17-5-12(15)18-6-13-7-19-22(16,20-8-13)21-9-13/h1-4H,5-9H2. The third-order valence-corrected chi connectivity index (χ3v) is 4.88. The minimum absolute atomic E-state index is 0.0514. The Morgan fingerprint density at radius 3 is 2.36 bits per heavy atom. The Labute approximate surface area is 132 Å². The Kier molecular flexibility index (Phi) is 4.43. The fourth-order valence-corrected chi connectivity index (χ4v) is 3.60. The predicted octanol–water partition coefficient (Wildman–Crippen LogP) is 2.43. The molecule has 7 nitrogen and oxygen atoms in total. The highest BCUT2D eigenvalue weighted by molar-refractivity contribution is 7.48. The largest absolute Gasteiger partial charge is 0.482 e. The molecule has 3 heterocycles. The molecule has 0 aromatic heterocycles. The highest BCUT2D eigenvalue weighted by Crippen LogP contribution is 2.59. The second-order valence-electron chi connectivity index (χ2n) is 5.17. The molecule has 0 radical (unpaired) electrons. The molecule has 1 aromatic rings. The summed E-state index contributed by atoms with van der Waals surface area (Å²) in [6.07, 6.45) is 0. The Morgan fingerprint density at radius 2 is 1.77 bits per heavy atom. The van der Waals surface area contributed by atoms with E-state index in [0.717, 1.165) is 0 Å². The second kappa shape index (κ2) is 6.18. The number of halogens is 1. The van der Waals surface area contributed by atoms with Crippen molar-refractivity contribution >= 4 is 25.4 Å². The van der Waals surface area contributed by atoms with Crippen LogP contribution in [0.25, 0.3) is 0 Å². The van der Waals surface area contributed by atoms with Crippen molar-refractivity contribution < 1.29 is 32.4 Å². The van der Waals surface area contributed by atoms with Crippen LogP contribution in [0.4, 0.5) is 0 Å². The SMILES string of the molecule is O=C(COc1ccc(Cl)cc1)OCC12COP(=O)(OC1)OC2. The summed E-state index contributed by atoms with van der Waals surface area (Å²) in [4.78, 5) is 11.7. The Hall–Kier alpha value is -1.11. The van der Waals surface area contributed by atoms with Gasteiger partial charge in [-0.3, -0.25) is 13.6 Å². The highest BCUT2D eigenvalue weighted by Gasteiger charge is 2.51. The second-order valence-corrected chi connectivity index (χ2v) is 7.28. The Balaban J connectivity index is 1.44. The van der Waals surface area contributed by atoms with E-state index < -0.39 is 19.2 Å². The minimum atomic E-state index is -3.35. The van der Waals surface area contributed by atoms with Gasteiger partial charge >= 0.3 is 13.8 Å². The van der Waals surface area contributed by atoms with Crippen LogP contribution in [0.5, 0.6) is 5.75 Å². The van der Waals surface area contributed by atoms with Crippen LogP contribution in [-0.2, 0) is 27.7 Å². The number of ether oxygens (including phenoxy) is 2. The van der Waals surface area contributed by atoms with E-state index >= 15 is 0 Å². The van der Waals surface area contributed by atoms with E-state index in [9.17, 15) is 9.36 Å². The van der Waals surface area contributed by atoms with Gasteiger partial charge in [0.15, 0.2) is 6.61 Å². The summed E-state index contributed by atoms with van der Waals surface area (Å²) in [5.41, 5.74) is -0.609. The molecule has 4 rings (SSSR count). The average molecular weight is 349 g/mol. The van der Waals surface area contributed by atoms with Gasteiger partial charge < -0.3 is 9.47 Å². The number of phosphoric acid groups is 1. The first kappa shape index (κ1) is 15.8. The molecule has 3 aliphatic heterocycles. The fraction of sp³-hybridized carbons (Fsp3) is 0.462. The summed E-state index contributed by atoms with van der Waals surface area (Å²) < 4.78 is 37.1. The molecule has 0 amide bonds. The highest BCUT2D eigenvalue weighted by atomic mass is 35.5. The fourth-order valence-electron chi connectivity index (χ4n) is 1.96.